The first kappa shape index (κ1) is 15.8. The maximum atomic E-state index is 6.11. The van der Waals surface area contributed by atoms with Gasteiger partial charge in [0.1, 0.15) is 0 Å². The summed E-state index contributed by atoms with van der Waals surface area (Å²) in [6.45, 7) is 2.97. The Hall–Kier alpha value is -0.610. The van der Waals surface area contributed by atoms with Crippen molar-refractivity contribution in [3.05, 3.63) is 62.3 Å². The van der Waals surface area contributed by atoms with Gasteiger partial charge in [-0.3, -0.25) is 4.98 Å². The lowest BCUT2D eigenvalue weighted by atomic mass is 10.00. The minimum atomic E-state index is 0.186. The van der Waals surface area contributed by atoms with Crippen LogP contribution in [0.4, 0.5) is 0 Å². The summed E-state index contributed by atoms with van der Waals surface area (Å²) in [5.41, 5.74) is 2.29. The molecule has 2 nitrogen and oxygen atoms in total. The second kappa shape index (κ2) is 7.41. The zero-order chi connectivity index (χ0) is 14.5. The SMILES string of the molecule is CCNC(Cc1cncc(Br)c1)c1ccc(Cl)c(Cl)c1. The minimum absolute atomic E-state index is 0.186. The Labute approximate surface area is 137 Å². The minimum Gasteiger partial charge on any atom is -0.310 e. The molecular weight excluding hydrogens is 359 g/mol. The van der Waals surface area contributed by atoms with Crippen molar-refractivity contribution >= 4 is 39.1 Å². The molecule has 5 heteroatoms. The van der Waals surface area contributed by atoms with E-state index in [1.807, 2.05) is 24.4 Å². The fourth-order valence-corrected chi connectivity index (χ4v) is 2.81. The second-order valence-corrected chi connectivity index (χ2v) is 6.23. The summed E-state index contributed by atoms with van der Waals surface area (Å²) in [6.07, 6.45) is 4.51. The van der Waals surface area contributed by atoms with Gasteiger partial charge in [-0.15, -0.1) is 0 Å². The van der Waals surface area contributed by atoms with E-state index in [9.17, 15) is 0 Å². The smallest absolute Gasteiger partial charge is 0.0595 e. The number of nitrogens with zero attached hydrogens (tertiary/aromatic N) is 1. The fourth-order valence-electron chi connectivity index (χ4n) is 2.09. The van der Waals surface area contributed by atoms with E-state index in [-0.39, 0.29) is 6.04 Å². The van der Waals surface area contributed by atoms with Gasteiger partial charge < -0.3 is 5.32 Å². The van der Waals surface area contributed by atoms with Crippen molar-refractivity contribution in [1.29, 1.82) is 0 Å². The van der Waals surface area contributed by atoms with Crippen LogP contribution in [0.15, 0.2) is 41.1 Å². The van der Waals surface area contributed by atoms with Gasteiger partial charge in [-0.2, -0.15) is 0 Å². The highest BCUT2D eigenvalue weighted by atomic mass is 79.9. The normalized spacial score (nSPS) is 12.4. The molecule has 0 bridgehead atoms. The Morgan fingerprint density at radius 3 is 2.65 bits per heavy atom. The zero-order valence-corrected chi connectivity index (χ0v) is 14.1. The molecule has 2 rings (SSSR count). The Kier molecular flexibility index (Phi) is 5.85. The van der Waals surface area contributed by atoms with Crippen molar-refractivity contribution in [2.45, 2.75) is 19.4 Å². The van der Waals surface area contributed by atoms with Crippen LogP contribution in [0.2, 0.25) is 10.0 Å². The van der Waals surface area contributed by atoms with E-state index >= 15 is 0 Å². The molecular formula is C15H15BrCl2N2. The van der Waals surface area contributed by atoms with Crippen LogP contribution in [0.5, 0.6) is 0 Å². The maximum Gasteiger partial charge on any atom is 0.0595 e. The molecule has 0 aliphatic rings. The van der Waals surface area contributed by atoms with E-state index in [4.69, 9.17) is 23.2 Å². The summed E-state index contributed by atoms with van der Waals surface area (Å²) in [5.74, 6) is 0. The summed E-state index contributed by atoms with van der Waals surface area (Å²) in [5, 5.41) is 4.63. The Bertz CT molecular complexity index is 590. The molecule has 0 aliphatic heterocycles. The van der Waals surface area contributed by atoms with Crippen molar-refractivity contribution in [2.75, 3.05) is 6.54 Å². The van der Waals surface area contributed by atoms with Crippen LogP contribution >= 0.6 is 39.1 Å². The third kappa shape index (κ3) is 4.19. The van der Waals surface area contributed by atoms with Crippen LogP contribution in [0.25, 0.3) is 0 Å². The molecule has 1 aromatic heterocycles. The van der Waals surface area contributed by atoms with Crippen molar-refractivity contribution in [3.63, 3.8) is 0 Å². The summed E-state index contributed by atoms with van der Waals surface area (Å²) >= 11 is 15.5. The van der Waals surface area contributed by atoms with Crippen LogP contribution < -0.4 is 5.32 Å². The largest absolute Gasteiger partial charge is 0.310 e. The second-order valence-electron chi connectivity index (χ2n) is 4.50. The molecule has 106 valence electrons. The average Bonchev–Trinajstić information content (AvgIpc) is 2.41. The average molecular weight is 374 g/mol. The number of pyridine rings is 1. The quantitative estimate of drug-likeness (QED) is 0.793. The van der Waals surface area contributed by atoms with E-state index in [0.717, 1.165) is 28.6 Å². The molecule has 20 heavy (non-hydrogen) atoms. The van der Waals surface area contributed by atoms with Crippen LogP contribution in [-0.2, 0) is 6.42 Å². The molecule has 0 radical (unpaired) electrons. The molecule has 1 unspecified atom stereocenters. The number of rotatable bonds is 5. The van der Waals surface area contributed by atoms with Gasteiger partial charge in [0.25, 0.3) is 0 Å². The summed E-state index contributed by atoms with van der Waals surface area (Å²) in [6, 6.07) is 8.03. The van der Waals surface area contributed by atoms with Gasteiger partial charge in [0.2, 0.25) is 0 Å². The van der Waals surface area contributed by atoms with Crippen LogP contribution in [0.1, 0.15) is 24.1 Å². The number of aromatic nitrogens is 1. The van der Waals surface area contributed by atoms with Crippen molar-refractivity contribution < 1.29 is 0 Å². The molecule has 0 fully saturated rings. The molecule has 1 aromatic carbocycles. The lowest BCUT2D eigenvalue weighted by Crippen LogP contribution is -2.23. The molecule has 0 spiro atoms. The van der Waals surface area contributed by atoms with E-state index < -0.39 is 0 Å². The van der Waals surface area contributed by atoms with Gasteiger partial charge in [0.15, 0.2) is 0 Å². The highest BCUT2D eigenvalue weighted by Crippen LogP contribution is 2.27. The lowest BCUT2D eigenvalue weighted by molar-refractivity contribution is 0.549. The molecule has 0 saturated carbocycles. The van der Waals surface area contributed by atoms with Gasteiger partial charge in [-0.1, -0.05) is 36.2 Å². The molecule has 2 aromatic rings. The highest BCUT2D eigenvalue weighted by molar-refractivity contribution is 9.10. The topological polar surface area (TPSA) is 24.9 Å². The number of hydrogen-bond donors (Lipinski definition) is 1. The number of benzene rings is 1. The number of nitrogens with one attached hydrogen (secondary N) is 1. The van der Waals surface area contributed by atoms with E-state index in [2.05, 4.69) is 39.2 Å². The van der Waals surface area contributed by atoms with Gasteiger partial charge in [-0.05, 0) is 58.2 Å². The Balaban J connectivity index is 2.24. The first-order valence-corrected chi connectivity index (χ1v) is 7.92. The van der Waals surface area contributed by atoms with Crippen LogP contribution in [-0.4, -0.2) is 11.5 Å². The van der Waals surface area contributed by atoms with Crippen molar-refractivity contribution in [3.8, 4) is 0 Å². The van der Waals surface area contributed by atoms with Crippen LogP contribution in [0, 0.1) is 0 Å². The van der Waals surface area contributed by atoms with Gasteiger partial charge in [0, 0.05) is 22.9 Å². The predicted octanol–water partition coefficient (Wildman–Crippen LogP) is 5.04. The predicted molar refractivity (Wildman–Crippen MR) is 88.5 cm³/mol. The molecule has 1 N–H and O–H groups in total. The summed E-state index contributed by atoms with van der Waals surface area (Å²) < 4.78 is 0.986. The molecule has 1 atom stereocenters. The van der Waals surface area contributed by atoms with Gasteiger partial charge >= 0.3 is 0 Å². The summed E-state index contributed by atoms with van der Waals surface area (Å²) in [7, 11) is 0. The van der Waals surface area contributed by atoms with Gasteiger partial charge in [0.05, 0.1) is 10.0 Å². The lowest BCUT2D eigenvalue weighted by Gasteiger charge is -2.19. The van der Waals surface area contributed by atoms with Crippen molar-refractivity contribution in [2.24, 2.45) is 0 Å². The number of hydrogen-bond acceptors (Lipinski definition) is 2. The highest BCUT2D eigenvalue weighted by Gasteiger charge is 2.13. The summed E-state index contributed by atoms with van der Waals surface area (Å²) in [4.78, 5) is 4.20. The Morgan fingerprint density at radius 2 is 2.00 bits per heavy atom. The first-order valence-electron chi connectivity index (χ1n) is 6.38. The number of likely N-dealkylation sites (N-methyl/N-ethyl adjacent to an activating group) is 1. The fraction of sp³-hybridized carbons (Fsp3) is 0.267. The Morgan fingerprint density at radius 1 is 1.20 bits per heavy atom. The standard InChI is InChI=1S/C15H15BrCl2N2/c1-2-20-15(6-10-5-12(16)9-19-8-10)11-3-4-13(17)14(18)7-11/h3-5,7-9,15,20H,2,6H2,1H3. The third-order valence-electron chi connectivity index (χ3n) is 3.00. The zero-order valence-electron chi connectivity index (χ0n) is 11.0. The molecule has 0 amide bonds. The molecule has 1 heterocycles. The molecule has 0 aliphatic carbocycles. The van der Waals surface area contributed by atoms with E-state index in [1.165, 1.54) is 0 Å². The van der Waals surface area contributed by atoms with E-state index in [0.29, 0.717) is 10.0 Å². The molecule has 0 saturated heterocycles. The van der Waals surface area contributed by atoms with Crippen LogP contribution in [0.3, 0.4) is 0 Å². The van der Waals surface area contributed by atoms with Crippen molar-refractivity contribution in [1.82, 2.24) is 10.3 Å². The third-order valence-corrected chi connectivity index (χ3v) is 4.17. The van der Waals surface area contributed by atoms with Gasteiger partial charge in [-0.25, -0.2) is 0 Å². The monoisotopic (exact) mass is 372 g/mol. The van der Waals surface area contributed by atoms with E-state index in [1.54, 1.807) is 6.20 Å². The maximum absolute atomic E-state index is 6.11. The number of halogens is 3. The first-order chi connectivity index (χ1) is 9.60.